The monoisotopic (exact) mass is 200 g/mol. The van der Waals surface area contributed by atoms with Gasteiger partial charge in [0.2, 0.25) is 0 Å². The maximum absolute atomic E-state index is 11.4. The van der Waals surface area contributed by atoms with Gasteiger partial charge in [-0.25, -0.2) is 0 Å². The lowest BCUT2D eigenvalue weighted by Gasteiger charge is -2.10. The molecule has 82 valence electrons. The number of esters is 1. The first-order chi connectivity index (χ1) is 6.63. The number of hydrogen-bond donors (Lipinski definition) is 0. The number of Topliss-reactive ketones (excluding diaryl/α,β-unsaturated/α-hetero) is 1. The van der Waals surface area contributed by atoms with Crippen molar-refractivity contribution in [1.82, 2.24) is 0 Å². The first-order valence-electron chi connectivity index (χ1n) is 5.22. The van der Waals surface area contributed by atoms with Crippen LogP contribution in [0.2, 0.25) is 0 Å². The summed E-state index contributed by atoms with van der Waals surface area (Å²) in [6, 6.07) is 0. The van der Waals surface area contributed by atoms with Gasteiger partial charge in [-0.3, -0.25) is 9.59 Å². The minimum absolute atomic E-state index is 0.170. The molecule has 14 heavy (non-hydrogen) atoms. The van der Waals surface area contributed by atoms with Crippen LogP contribution < -0.4 is 0 Å². The molecular weight excluding hydrogens is 180 g/mol. The Balaban J connectivity index is 3.69. The van der Waals surface area contributed by atoms with E-state index in [4.69, 9.17) is 0 Å². The fraction of sp³-hybridized carbons (Fsp3) is 0.818. The van der Waals surface area contributed by atoms with E-state index in [-0.39, 0.29) is 18.2 Å². The van der Waals surface area contributed by atoms with Gasteiger partial charge in [-0.1, -0.05) is 26.7 Å². The van der Waals surface area contributed by atoms with Gasteiger partial charge in [0.05, 0.1) is 13.5 Å². The predicted molar refractivity (Wildman–Crippen MR) is 54.9 cm³/mol. The summed E-state index contributed by atoms with van der Waals surface area (Å²) in [5.74, 6) is 0.340. The number of methoxy groups -OCH3 is 1. The van der Waals surface area contributed by atoms with Crippen molar-refractivity contribution < 1.29 is 14.3 Å². The van der Waals surface area contributed by atoms with Crippen LogP contribution in [0.5, 0.6) is 0 Å². The summed E-state index contributed by atoms with van der Waals surface area (Å²) in [4.78, 5) is 22.2. The fourth-order valence-corrected chi connectivity index (χ4v) is 1.34. The van der Waals surface area contributed by atoms with Crippen molar-refractivity contribution in [2.24, 2.45) is 5.92 Å². The van der Waals surface area contributed by atoms with E-state index in [0.717, 1.165) is 12.8 Å². The second-order valence-corrected chi connectivity index (χ2v) is 3.50. The van der Waals surface area contributed by atoms with Crippen LogP contribution >= 0.6 is 0 Å². The lowest BCUT2D eigenvalue weighted by atomic mass is 9.95. The predicted octanol–water partition coefficient (Wildman–Crippen LogP) is 2.33. The Labute approximate surface area is 85.8 Å². The lowest BCUT2D eigenvalue weighted by molar-refractivity contribution is -0.142. The highest BCUT2D eigenvalue weighted by atomic mass is 16.5. The molecule has 3 nitrogen and oxygen atoms in total. The van der Waals surface area contributed by atoms with Crippen molar-refractivity contribution in [3.05, 3.63) is 0 Å². The molecule has 0 amide bonds. The molecule has 0 N–H and O–H groups in total. The van der Waals surface area contributed by atoms with Gasteiger partial charge < -0.3 is 4.74 Å². The number of ether oxygens (including phenoxy) is 1. The minimum atomic E-state index is -0.303. The van der Waals surface area contributed by atoms with Gasteiger partial charge in [-0.05, 0) is 5.92 Å². The molecule has 0 rings (SSSR count). The molecule has 0 aliphatic carbocycles. The Bertz CT molecular complexity index is 183. The third-order valence-corrected chi connectivity index (χ3v) is 2.51. The summed E-state index contributed by atoms with van der Waals surface area (Å²) < 4.78 is 4.47. The van der Waals surface area contributed by atoms with E-state index >= 15 is 0 Å². The number of hydrogen-bond acceptors (Lipinski definition) is 3. The van der Waals surface area contributed by atoms with E-state index in [1.54, 1.807) is 0 Å². The van der Waals surface area contributed by atoms with E-state index in [9.17, 15) is 9.59 Å². The standard InChI is InChI=1S/C11H20O3/c1-4-9(5-2)8-10(12)6-7-11(13)14-3/h9H,4-8H2,1-3H3. The molecule has 0 saturated heterocycles. The molecule has 0 unspecified atom stereocenters. The van der Waals surface area contributed by atoms with Crippen LogP contribution in [-0.4, -0.2) is 18.9 Å². The maximum Gasteiger partial charge on any atom is 0.305 e. The summed E-state index contributed by atoms with van der Waals surface area (Å²) in [6.45, 7) is 4.17. The van der Waals surface area contributed by atoms with Crippen LogP contribution in [-0.2, 0) is 14.3 Å². The highest BCUT2D eigenvalue weighted by Gasteiger charge is 2.11. The number of rotatable bonds is 7. The van der Waals surface area contributed by atoms with Crippen molar-refractivity contribution in [2.45, 2.75) is 46.0 Å². The zero-order valence-electron chi connectivity index (χ0n) is 9.34. The number of ketones is 1. The highest BCUT2D eigenvalue weighted by molar-refractivity contribution is 5.82. The normalized spacial score (nSPS) is 10.3. The molecular formula is C11H20O3. The van der Waals surface area contributed by atoms with E-state index in [0.29, 0.717) is 18.8 Å². The second kappa shape index (κ2) is 7.54. The van der Waals surface area contributed by atoms with E-state index < -0.39 is 0 Å². The average molecular weight is 200 g/mol. The topological polar surface area (TPSA) is 43.4 Å². The molecule has 0 atom stereocenters. The van der Waals surface area contributed by atoms with E-state index in [1.165, 1.54) is 7.11 Å². The van der Waals surface area contributed by atoms with Crippen LogP contribution in [0.1, 0.15) is 46.0 Å². The molecule has 0 aromatic carbocycles. The van der Waals surface area contributed by atoms with Gasteiger partial charge >= 0.3 is 5.97 Å². The molecule has 0 aliphatic rings. The van der Waals surface area contributed by atoms with Gasteiger partial charge in [0, 0.05) is 12.8 Å². The van der Waals surface area contributed by atoms with Crippen molar-refractivity contribution in [1.29, 1.82) is 0 Å². The van der Waals surface area contributed by atoms with E-state index in [2.05, 4.69) is 18.6 Å². The molecule has 0 spiro atoms. The Morgan fingerprint density at radius 1 is 1.14 bits per heavy atom. The summed E-state index contributed by atoms with van der Waals surface area (Å²) in [6.07, 6.45) is 3.20. The molecule has 0 aromatic heterocycles. The Kier molecular flexibility index (Phi) is 7.07. The molecule has 0 bridgehead atoms. The largest absolute Gasteiger partial charge is 0.469 e. The van der Waals surface area contributed by atoms with Crippen LogP contribution in [0, 0.1) is 5.92 Å². The van der Waals surface area contributed by atoms with Crippen LogP contribution in [0.4, 0.5) is 0 Å². The Morgan fingerprint density at radius 2 is 1.71 bits per heavy atom. The van der Waals surface area contributed by atoms with Crippen molar-refractivity contribution in [2.75, 3.05) is 7.11 Å². The molecule has 0 heterocycles. The van der Waals surface area contributed by atoms with E-state index in [1.807, 2.05) is 0 Å². The van der Waals surface area contributed by atoms with Crippen molar-refractivity contribution in [3.8, 4) is 0 Å². The van der Waals surface area contributed by atoms with Gasteiger partial charge in [0.25, 0.3) is 0 Å². The fourth-order valence-electron chi connectivity index (χ4n) is 1.34. The Hall–Kier alpha value is -0.860. The van der Waals surface area contributed by atoms with Gasteiger partial charge in [-0.2, -0.15) is 0 Å². The summed E-state index contributed by atoms with van der Waals surface area (Å²) in [5.41, 5.74) is 0. The third kappa shape index (κ3) is 5.73. The zero-order valence-corrected chi connectivity index (χ0v) is 9.34. The average Bonchev–Trinajstić information content (AvgIpc) is 2.22. The number of carbonyl (C=O) groups is 2. The minimum Gasteiger partial charge on any atom is -0.469 e. The van der Waals surface area contributed by atoms with Crippen molar-refractivity contribution >= 4 is 11.8 Å². The highest BCUT2D eigenvalue weighted by Crippen LogP contribution is 2.14. The molecule has 0 fully saturated rings. The van der Waals surface area contributed by atoms with Gasteiger partial charge in [0.1, 0.15) is 5.78 Å². The Morgan fingerprint density at radius 3 is 2.14 bits per heavy atom. The zero-order chi connectivity index (χ0) is 11.0. The molecule has 0 radical (unpaired) electrons. The quantitative estimate of drug-likeness (QED) is 0.592. The van der Waals surface area contributed by atoms with Crippen LogP contribution in [0.3, 0.4) is 0 Å². The summed E-state index contributed by atoms with van der Waals surface area (Å²) >= 11 is 0. The lowest BCUT2D eigenvalue weighted by Crippen LogP contribution is -2.10. The SMILES string of the molecule is CCC(CC)CC(=O)CCC(=O)OC. The summed E-state index contributed by atoms with van der Waals surface area (Å²) in [5, 5.41) is 0. The molecule has 3 heteroatoms. The van der Waals surface area contributed by atoms with Crippen LogP contribution in [0.25, 0.3) is 0 Å². The first kappa shape index (κ1) is 13.1. The number of carbonyl (C=O) groups excluding carboxylic acids is 2. The second-order valence-electron chi connectivity index (χ2n) is 3.50. The smallest absolute Gasteiger partial charge is 0.305 e. The summed E-state index contributed by atoms with van der Waals surface area (Å²) in [7, 11) is 1.34. The first-order valence-corrected chi connectivity index (χ1v) is 5.22. The van der Waals surface area contributed by atoms with Gasteiger partial charge in [-0.15, -0.1) is 0 Å². The molecule has 0 aliphatic heterocycles. The third-order valence-electron chi connectivity index (χ3n) is 2.51. The van der Waals surface area contributed by atoms with Crippen molar-refractivity contribution in [3.63, 3.8) is 0 Å². The molecule has 0 saturated carbocycles. The van der Waals surface area contributed by atoms with Gasteiger partial charge in [0.15, 0.2) is 0 Å². The van der Waals surface area contributed by atoms with Crippen LogP contribution in [0.15, 0.2) is 0 Å². The molecule has 0 aromatic rings. The maximum atomic E-state index is 11.4.